The fraction of sp³-hybridized carbons (Fsp3) is 0.381. The predicted molar refractivity (Wildman–Crippen MR) is 116 cm³/mol. The lowest BCUT2D eigenvalue weighted by atomic mass is 10.1. The third-order valence-corrected chi connectivity index (χ3v) is 4.60. The number of carbonyl (C=O) groups is 3. The number of nitrogens with one attached hydrogen (secondary N) is 1. The SMILES string of the molecule is CC(C)(C)OC(=O)C(=O)Nc1sc(-c2cccc([N+](=O)[O-])c2)cc1C(=O)OC(C)(C)C. The van der Waals surface area contributed by atoms with Crippen LogP contribution >= 0.6 is 11.3 Å². The van der Waals surface area contributed by atoms with Crippen LogP contribution in [0.1, 0.15) is 51.9 Å². The number of nitro benzene ring substituents is 1. The van der Waals surface area contributed by atoms with Crippen molar-refractivity contribution in [3.8, 4) is 10.4 Å². The lowest BCUT2D eigenvalue weighted by molar-refractivity contribution is -0.384. The molecule has 0 aliphatic carbocycles. The van der Waals surface area contributed by atoms with Crippen molar-refractivity contribution in [2.45, 2.75) is 52.7 Å². The molecule has 0 spiro atoms. The van der Waals surface area contributed by atoms with Gasteiger partial charge < -0.3 is 14.8 Å². The molecule has 0 aliphatic heterocycles. The van der Waals surface area contributed by atoms with E-state index in [1.165, 1.54) is 24.3 Å². The summed E-state index contributed by atoms with van der Waals surface area (Å²) in [5.41, 5.74) is -1.28. The normalized spacial score (nSPS) is 11.5. The van der Waals surface area contributed by atoms with E-state index in [9.17, 15) is 24.5 Å². The number of hydrogen-bond acceptors (Lipinski definition) is 8. The molecule has 1 heterocycles. The van der Waals surface area contributed by atoms with Gasteiger partial charge in [-0.3, -0.25) is 14.9 Å². The van der Waals surface area contributed by atoms with Crippen molar-refractivity contribution >= 4 is 39.9 Å². The number of benzene rings is 1. The van der Waals surface area contributed by atoms with Gasteiger partial charge in [0.1, 0.15) is 16.2 Å². The first-order valence-corrected chi connectivity index (χ1v) is 10.1. The maximum Gasteiger partial charge on any atom is 0.397 e. The third-order valence-electron chi connectivity index (χ3n) is 3.50. The topological polar surface area (TPSA) is 125 Å². The van der Waals surface area contributed by atoms with Crippen LogP contribution in [0.2, 0.25) is 0 Å². The average Bonchev–Trinajstić information content (AvgIpc) is 3.03. The van der Waals surface area contributed by atoms with Gasteiger partial charge in [0, 0.05) is 17.0 Å². The summed E-state index contributed by atoms with van der Waals surface area (Å²) in [5, 5.41) is 13.6. The molecule has 1 amide bonds. The van der Waals surface area contributed by atoms with Gasteiger partial charge in [-0.05, 0) is 53.2 Å². The summed E-state index contributed by atoms with van der Waals surface area (Å²) in [4.78, 5) is 48.1. The minimum absolute atomic E-state index is 0.0262. The van der Waals surface area contributed by atoms with Gasteiger partial charge in [-0.1, -0.05) is 12.1 Å². The summed E-state index contributed by atoms with van der Waals surface area (Å²) in [5.74, 6) is -2.86. The van der Waals surface area contributed by atoms with Crippen LogP contribution in [-0.4, -0.2) is 34.0 Å². The highest BCUT2D eigenvalue weighted by Crippen LogP contribution is 2.37. The Labute approximate surface area is 183 Å². The van der Waals surface area contributed by atoms with Crippen LogP contribution in [-0.2, 0) is 19.1 Å². The largest absolute Gasteiger partial charge is 0.456 e. The van der Waals surface area contributed by atoms with Gasteiger partial charge in [-0.2, -0.15) is 0 Å². The number of thiophene rings is 1. The second kappa shape index (κ2) is 8.84. The molecule has 0 atom stereocenters. The molecule has 0 aliphatic rings. The Morgan fingerprint density at radius 1 is 1.00 bits per heavy atom. The molecule has 0 saturated heterocycles. The van der Waals surface area contributed by atoms with Gasteiger partial charge in [0.25, 0.3) is 5.69 Å². The van der Waals surface area contributed by atoms with Crippen LogP contribution in [0, 0.1) is 10.1 Å². The number of amides is 1. The van der Waals surface area contributed by atoms with E-state index in [1.807, 2.05) is 0 Å². The maximum absolute atomic E-state index is 12.7. The fourth-order valence-corrected chi connectivity index (χ4v) is 3.40. The molecule has 166 valence electrons. The number of esters is 2. The molecule has 2 rings (SSSR count). The Morgan fingerprint density at radius 3 is 2.16 bits per heavy atom. The van der Waals surface area contributed by atoms with Crippen LogP contribution < -0.4 is 5.32 Å². The number of carbonyl (C=O) groups excluding carboxylic acids is 3. The van der Waals surface area contributed by atoms with Crippen molar-refractivity contribution in [1.82, 2.24) is 0 Å². The zero-order chi connectivity index (χ0) is 23.6. The molecule has 1 N–H and O–H groups in total. The van der Waals surface area contributed by atoms with Crippen molar-refractivity contribution in [2.24, 2.45) is 0 Å². The highest BCUT2D eigenvalue weighted by Gasteiger charge is 2.28. The van der Waals surface area contributed by atoms with E-state index < -0.39 is 34.0 Å². The monoisotopic (exact) mass is 448 g/mol. The molecular formula is C21H24N2O7S. The van der Waals surface area contributed by atoms with Gasteiger partial charge in [0.2, 0.25) is 0 Å². The summed E-state index contributed by atoms with van der Waals surface area (Å²) in [7, 11) is 0. The molecule has 9 nitrogen and oxygen atoms in total. The first-order valence-electron chi connectivity index (χ1n) is 9.32. The lowest BCUT2D eigenvalue weighted by Gasteiger charge is -2.20. The molecule has 0 unspecified atom stereocenters. The van der Waals surface area contributed by atoms with E-state index in [1.54, 1.807) is 47.6 Å². The first-order chi connectivity index (χ1) is 14.2. The number of nitrogens with zero attached hydrogens (tertiary/aromatic N) is 1. The molecule has 0 radical (unpaired) electrons. The number of hydrogen-bond donors (Lipinski definition) is 1. The Kier molecular flexibility index (Phi) is 6.85. The van der Waals surface area contributed by atoms with Crippen molar-refractivity contribution in [3.05, 3.63) is 46.0 Å². The minimum Gasteiger partial charge on any atom is -0.456 e. The van der Waals surface area contributed by atoms with E-state index in [2.05, 4.69) is 5.32 Å². The van der Waals surface area contributed by atoms with Crippen molar-refractivity contribution in [1.29, 1.82) is 0 Å². The van der Waals surface area contributed by atoms with Crippen LogP contribution in [0.5, 0.6) is 0 Å². The standard InChI is InChI=1S/C21H24N2O7S/c1-20(2,3)29-18(25)14-11-15(12-8-7-9-13(10-12)23(27)28)31-17(14)22-16(24)19(26)30-21(4,5)6/h7-11H,1-6H3,(H,22,24). The molecular weight excluding hydrogens is 424 g/mol. The zero-order valence-electron chi connectivity index (χ0n) is 18.1. The molecule has 31 heavy (non-hydrogen) atoms. The molecule has 2 aromatic rings. The Balaban J connectivity index is 2.44. The molecule has 1 aromatic heterocycles. The zero-order valence-corrected chi connectivity index (χ0v) is 18.9. The van der Waals surface area contributed by atoms with E-state index >= 15 is 0 Å². The van der Waals surface area contributed by atoms with Crippen LogP contribution in [0.15, 0.2) is 30.3 Å². The molecule has 1 aromatic carbocycles. The number of ether oxygens (including phenoxy) is 2. The van der Waals surface area contributed by atoms with Crippen LogP contribution in [0.25, 0.3) is 10.4 Å². The number of anilines is 1. The highest BCUT2D eigenvalue weighted by molar-refractivity contribution is 7.20. The second-order valence-electron chi connectivity index (χ2n) is 8.62. The molecule has 0 bridgehead atoms. The fourth-order valence-electron chi connectivity index (χ4n) is 2.36. The molecule has 10 heteroatoms. The number of rotatable bonds is 4. The van der Waals surface area contributed by atoms with Gasteiger partial charge in [0.05, 0.1) is 10.5 Å². The Morgan fingerprint density at radius 2 is 1.61 bits per heavy atom. The van der Waals surface area contributed by atoms with Gasteiger partial charge in [-0.25, -0.2) is 9.59 Å². The Hall–Kier alpha value is -3.27. The summed E-state index contributed by atoms with van der Waals surface area (Å²) < 4.78 is 10.4. The Bertz CT molecular complexity index is 1030. The van der Waals surface area contributed by atoms with Crippen molar-refractivity contribution in [3.63, 3.8) is 0 Å². The second-order valence-corrected chi connectivity index (χ2v) is 9.67. The van der Waals surface area contributed by atoms with E-state index in [4.69, 9.17) is 9.47 Å². The summed E-state index contributed by atoms with van der Waals surface area (Å²) >= 11 is 0.988. The minimum atomic E-state index is -1.10. The van der Waals surface area contributed by atoms with Crippen LogP contribution in [0.4, 0.5) is 10.7 Å². The third kappa shape index (κ3) is 6.88. The number of nitro groups is 1. The maximum atomic E-state index is 12.7. The van der Waals surface area contributed by atoms with Crippen molar-refractivity contribution < 1.29 is 28.8 Å². The summed E-state index contributed by atoms with van der Waals surface area (Å²) in [6.07, 6.45) is 0. The lowest BCUT2D eigenvalue weighted by Crippen LogP contribution is -2.32. The van der Waals surface area contributed by atoms with Crippen LogP contribution in [0.3, 0.4) is 0 Å². The smallest absolute Gasteiger partial charge is 0.397 e. The first kappa shape index (κ1) is 24.0. The van der Waals surface area contributed by atoms with Gasteiger partial charge >= 0.3 is 17.8 Å². The average molecular weight is 448 g/mol. The van der Waals surface area contributed by atoms with E-state index in [0.29, 0.717) is 10.4 Å². The molecule has 0 saturated carbocycles. The van der Waals surface area contributed by atoms with E-state index in [0.717, 1.165) is 11.3 Å². The van der Waals surface area contributed by atoms with Gasteiger partial charge in [-0.15, -0.1) is 11.3 Å². The van der Waals surface area contributed by atoms with E-state index in [-0.39, 0.29) is 16.3 Å². The quantitative estimate of drug-likeness (QED) is 0.315. The summed E-state index contributed by atoms with van der Waals surface area (Å²) in [6, 6.07) is 7.31. The number of non-ortho nitro benzene ring substituents is 1. The van der Waals surface area contributed by atoms with Gasteiger partial charge in [0.15, 0.2) is 0 Å². The highest BCUT2D eigenvalue weighted by atomic mass is 32.1. The van der Waals surface area contributed by atoms with Crippen molar-refractivity contribution in [2.75, 3.05) is 5.32 Å². The summed E-state index contributed by atoms with van der Waals surface area (Å²) in [6.45, 7) is 9.94. The molecule has 0 fully saturated rings. The predicted octanol–water partition coefficient (Wildman–Crippen LogP) is 4.56.